The van der Waals surface area contributed by atoms with E-state index in [1.54, 1.807) is 30.3 Å². The molecule has 1 unspecified atom stereocenters. The highest BCUT2D eigenvalue weighted by atomic mass is 32.2. The minimum absolute atomic E-state index is 0.0198. The molecule has 0 aliphatic rings. The van der Waals surface area contributed by atoms with E-state index in [2.05, 4.69) is 5.32 Å². The Morgan fingerprint density at radius 2 is 1.60 bits per heavy atom. The summed E-state index contributed by atoms with van der Waals surface area (Å²) >= 11 is 0. The molecular weight excluding hydrogens is 553 g/mol. The van der Waals surface area contributed by atoms with Crippen molar-refractivity contribution >= 4 is 27.5 Å². The molecule has 0 aromatic heterocycles. The number of benzene rings is 3. The van der Waals surface area contributed by atoms with Gasteiger partial charge in [0.2, 0.25) is 21.8 Å². The second-order valence-corrected chi connectivity index (χ2v) is 13.0. The molecule has 0 aliphatic heterocycles. The first kappa shape index (κ1) is 32.8. The number of carbonyl (C=O) groups excluding carboxylic acids is 2. The van der Waals surface area contributed by atoms with Crippen LogP contribution in [0.25, 0.3) is 0 Å². The Labute approximate surface area is 249 Å². The summed E-state index contributed by atoms with van der Waals surface area (Å²) in [6.45, 7) is 8.19. The van der Waals surface area contributed by atoms with Crippen molar-refractivity contribution in [2.24, 2.45) is 5.92 Å². The monoisotopic (exact) mass is 595 g/mol. The summed E-state index contributed by atoms with van der Waals surface area (Å²) in [5.41, 5.74) is 3.55. The quantitative estimate of drug-likeness (QED) is 0.270. The van der Waals surface area contributed by atoms with Crippen LogP contribution in [0, 0.1) is 25.6 Å². The van der Waals surface area contributed by atoms with Crippen molar-refractivity contribution in [1.29, 1.82) is 0 Å². The van der Waals surface area contributed by atoms with Crippen molar-refractivity contribution in [2.75, 3.05) is 23.7 Å². The first-order valence-corrected chi connectivity index (χ1v) is 16.1. The van der Waals surface area contributed by atoms with Gasteiger partial charge in [0.25, 0.3) is 0 Å². The van der Waals surface area contributed by atoms with Gasteiger partial charge in [-0.1, -0.05) is 74.5 Å². The average molecular weight is 596 g/mol. The van der Waals surface area contributed by atoms with E-state index in [1.807, 2.05) is 64.1 Å². The largest absolute Gasteiger partial charge is 0.354 e. The van der Waals surface area contributed by atoms with Gasteiger partial charge in [0, 0.05) is 38.0 Å². The van der Waals surface area contributed by atoms with Crippen molar-refractivity contribution in [3.05, 3.63) is 101 Å². The molecule has 0 bridgehead atoms. The molecule has 2 amide bonds. The van der Waals surface area contributed by atoms with Gasteiger partial charge >= 0.3 is 0 Å². The van der Waals surface area contributed by atoms with E-state index < -0.39 is 21.9 Å². The highest BCUT2D eigenvalue weighted by molar-refractivity contribution is 7.92. The Morgan fingerprint density at radius 1 is 0.929 bits per heavy atom. The molecule has 7 nitrogen and oxygen atoms in total. The maximum absolute atomic E-state index is 14.8. The van der Waals surface area contributed by atoms with Crippen LogP contribution >= 0.6 is 0 Å². The molecule has 0 radical (unpaired) electrons. The zero-order chi connectivity index (χ0) is 30.9. The van der Waals surface area contributed by atoms with Crippen LogP contribution in [0.1, 0.15) is 48.9 Å². The Kier molecular flexibility index (Phi) is 11.7. The molecule has 0 spiro atoms. The SMILES string of the molecule is Cc1cccc(N(CCCC(=O)N(Cc2ccccc2F)C(Cc2ccccc2)C(=O)NCC(C)C)S(C)(=O)=O)c1C. The first-order chi connectivity index (χ1) is 19.9. The lowest BCUT2D eigenvalue weighted by atomic mass is 10.0. The van der Waals surface area contributed by atoms with Gasteiger partial charge < -0.3 is 10.2 Å². The normalized spacial score (nSPS) is 12.2. The highest BCUT2D eigenvalue weighted by Crippen LogP contribution is 2.26. The van der Waals surface area contributed by atoms with Crippen LogP contribution in [0.5, 0.6) is 0 Å². The van der Waals surface area contributed by atoms with E-state index in [0.717, 1.165) is 22.9 Å². The van der Waals surface area contributed by atoms with Crippen LogP contribution in [0.2, 0.25) is 0 Å². The summed E-state index contributed by atoms with van der Waals surface area (Å²) in [7, 11) is -3.62. The second-order valence-electron chi connectivity index (χ2n) is 11.1. The minimum Gasteiger partial charge on any atom is -0.354 e. The summed E-state index contributed by atoms with van der Waals surface area (Å²) in [6, 6.07) is 20.2. The van der Waals surface area contributed by atoms with Crippen molar-refractivity contribution in [3.8, 4) is 0 Å². The molecule has 0 fully saturated rings. The number of halogens is 1. The van der Waals surface area contributed by atoms with Crippen LogP contribution in [0.15, 0.2) is 72.8 Å². The molecule has 3 rings (SSSR count). The van der Waals surface area contributed by atoms with Gasteiger partial charge in [0.05, 0.1) is 11.9 Å². The van der Waals surface area contributed by atoms with E-state index >= 15 is 0 Å². The minimum atomic E-state index is -3.62. The summed E-state index contributed by atoms with van der Waals surface area (Å²) in [4.78, 5) is 28.9. The number of amides is 2. The molecule has 0 aliphatic carbocycles. The molecule has 3 aromatic rings. The van der Waals surface area contributed by atoms with Gasteiger partial charge in [-0.2, -0.15) is 0 Å². The fourth-order valence-corrected chi connectivity index (χ4v) is 5.79. The summed E-state index contributed by atoms with van der Waals surface area (Å²) < 4.78 is 41.6. The number of sulfonamides is 1. The standard InChI is InChI=1S/C33H42FN3O4S/c1-24(2)22-35-33(39)31(21-27-14-7-6-8-15-27)36(23-28-16-9-10-17-29(28)34)32(38)19-12-20-37(42(5,40)41)30-18-11-13-25(3)26(30)4/h6-11,13-18,24,31H,12,19-23H2,1-5H3,(H,35,39). The molecule has 0 saturated carbocycles. The summed E-state index contributed by atoms with van der Waals surface area (Å²) in [5.74, 6) is -0.928. The Morgan fingerprint density at radius 3 is 2.24 bits per heavy atom. The van der Waals surface area contributed by atoms with Crippen LogP contribution < -0.4 is 9.62 Å². The Hall–Kier alpha value is -3.72. The van der Waals surface area contributed by atoms with Crippen LogP contribution in [-0.4, -0.2) is 50.5 Å². The molecule has 3 aromatic carbocycles. The molecule has 42 heavy (non-hydrogen) atoms. The lowest BCUT2D eigenvalue weighted by Crippen LogP contribution is -2.51. The smallest absolute Gasteiger partial charge is 0.243 e. The molecule has 0 heterocycles. The molecule has 0 saturated heterocycles. The number of nitrogens with zero attached hydrogens (tertiary/aromatic N) is 2. The average Bonchev–Trinajstić information content (AvgIpc) is 2.94. The molecule has 1 atom stereocenters. The van der Waals surface area contributed by atoms with Gasteiger partial charge in [-0.15, -0.1) is 0 Å². The molecule has 1 N–H and O–H groups in total. The lowest BCUT2D eigenvalue weighted by molar-refractivity contribution is -0.141. The number of rotatable bonds is 14. The summed E-state index contributed by atoms with van der Waals surface area (Å²) in [6.07, 6.45) is 1.60. The molecule has 226 valence electrons. The van der Waals surface area contributed by atoms with E-state index in [4.69, 9.17) is 0 Å². The van der Waals surface area contributed by atoms with Gasteiger partial charge in [-0.05, 0) is 55.0 Å². The first-order valence-electron chi connectivity index (χ1n) is 14.3. The van der Waals surface area contributed by atoms with Crippen molar-refractivity contribution in [1.82, 2.24) is 10.2 Å². The predicted molar refractivity (Wildman–Crippen MR) is 166 cm³/mol. The van der Waals surface area contributed by atoms with Crippen LogP contribution in [-0.2, 0) is 32.6 Å². The van der Waals surface area contributed by atoms with E-state index in [-0.39, 0.29) is 50.1 Å². The van der Waals surface area contributed by atoms with E-state index in [9.17, 15) is 22.4 Å². The summed E-state index contributed by atoms with van der Waals surface area (Å²) in [5, 5.41) is 2.95. The zero-order valence-corrected chi connectivity index (χ0v) is 26.0. The number of hydrogen-bond acceptors (Lipinski definition) is 4. The van der Waals surface area contributed by atoms with E-state index in [0.29, 0.717) is 17.8 Å². The van der Waals surface area contributed by atoms with Crippen LogP contribution in [0.4, 0.5) is 10.1 Å². The number of aryl methyl sites for hydroxylation is 1. The van der Waals surface area contributed by atoms with Gasteiger partial charge in [-0.3, -0.25) is 13.9 Å². The van der Waals surface area contributed by atoms with Crippen molar-refractivity contribution < 1.29 is 22.4 Å². The van der Waals surface area contributed by atoms with Gasteiger partial charge in [0.15, 0.2) is 0 Å². The van der Waals surface area contributed by atoms with Gasteiger partial charge in [0.1, 0.15) is 11.9 Å². The van der Waals surface area contributed by atoms with Crippen LogP contribution in [0.3, 0.4) is 0 Å². The number of hydrogen-bond donors (Lipinski definition) is 1. The maximum atomic E-state index is 14.8. The molecular formula is C33H42FN3O4S. The fraction of sp³-hybridized carbons (Fsp3) is 0.394. The van der Waals surface area contributed by atoms with Crippen molar-refractivity contribution in [3.63, 3.8) is 0 Å². The Balaban J connectivity index is 1.91. The van der Waals surface area contributed by atoms with Crippen molar-refractivity contribution in [2.45, 2.75) is 59.5 Å². The third kappa shape index (κ3) is 9.14. The highest BCUT2D eigenvalue weighted by Gasteiger charge is 2.31. The molecule has 9 heteroatoms. The number of carbonyl (C=O) groups is 2. The maximum Gasteiger partial charge on any atom is 0.243 e. The van der Waals surface area contributed by atoms with E-state index in [1.165, 1.54) is 15.3 Å². The third-order valence-electron chi connectivity index (χ3n) is 7.25. The zero-order valence-electron chi connectivity index (χ0n) is 25.1. The lowest BCUT2D eigenvalue weighted by Gasteiger charge is -2.32. The number of nitrogens with one attached hydrogen (secondary N) is 1. The Bertz CT molecular complexity index is 1460. The topological polar surface area (TPSA) is 86.8 Å². The predicted octanol–water partition coefficient (Wildman–Crippen LogP) is 5.40. The fourth-order valence-electron chi connectivity index (χ4n) is 4.77. The van der Waals surface area contributed by atoms with Gasteiger partial charge in [-0.25, -0.2) is 12.8 Å². The number of anilines is 1. The second kappa shape index (κ2) is 15.0. The third-order valence-corrected chi connectivity index (χ3v) is 8.43.